The first-order valence-electron chi connectivity index (χ1n) is 9.71. The second kappa shape index (κ2) is 10.6. The molecule has 3 rings (SSSR count). The average Bonchev–Trinajstić information content (AvgIpc) is 2.80. The van der Waals surface area contributed by atoms with E-state index in [0.717, 1.165) is 5.56 Å². The van der Waals surface area contributed by atoms with Gasteiger partial charge in [0.2, 0.25) is 10.0 Å². The Morgan fingerprint density at radius 1 is 0.906 bits per heavy atom. The molecule has 0 bridgehead atoms. The van der Waals surface area contributed by atoms with Crippen molar-refractivity contribution in [2.45, 2.75) is 4.90 Å². The van der Waals surface area contributed by atoms with E-state index in [-0.39, 0.29) is 18.1 Å². The number of para-hydroxylation sites is 1. The van der Waals surface area contributed by atoms with Gasteiger partial charge in [-0.15, -0.1) is 0 Å². The monoisotopic (exact) mass is 453 g/mol. The highest BCUT2D eigenvalue weighted by Crippen LogP contribution is 2.25. The molecule has 8 heteroatoms. The lowest BCUT2D eigenvalue weighted by molar-refractivity contribution is -0.137. The molecule has 166 valence electrons. The molecule has 32 heavy (non-hydrogen) atoms. The van der Waals surface area contributed by atoms with Gasteiger partial charge in [0.25, 0.3) is 0 Å². The van der Waals surface area contributed by atoms with Crippen LogP contribution in [0.2, 0.25) is 0 Å². The maximum Gasteiger partial charge on any atom is 0.338 e. The van der Waals surface area contributed by atoms with E-state index in [0.29, 0.717) is 22.6 Å². The molecule has 0 aliphatic rings. The quantitative estimate of drug-likeness (QED) is 0.230. The number of nitrogens with two attached hydrogens (primary N) is 1. The lowest BCUT2D eigenvalue weighted by Gasteiger charge is -2.11. The number of hydrogen-bond donors (Lipinski definition) is 1. The molecule has 3 aromatic carbocycles. The maximum absolute atomic E-state index is 12.8. The van der Waals surface area contributed by atoms with Crippen molar-refractivity contribution in [1.82, 2.24) is 0 Å². The Hall–Kier alpha value is -3.62. The van der Waals surface area contributed by atoms with Gasteiger partial charge in [0.1, 0.15) is 24.7 Å². The van der Waals surface area contributed by atoms with Crippen molar-refractivity contribution in [3.05, 3.63) is 90.0 Å². The number of primary sulfonamides is 1. The van der Waals surface area contributed by atoms with Crippen LogP contribution < -0.4 is 14.6 Å². The smallest absolute Gasteiger partial charge is 0.338 e. The van der Waals surface area contributed by atoms with Gasteiger partial charge in [-0.05, 0) is 42.0 Å². The first-order valence-corrected chi connectivity index (χ1v) is 11.3. The van der Waals surface area contributed by atoms with E-state index < -0.39 is 16.0 Å². The van der Waals surface area contributed by atoms with Gasteiger partial charge in [-0.3, -0.25) is 0 Å². The molecule has 0 amide bonds. The third kappa shape index (κ3) is 6.19. The van der Waals surface area contributed by atoms with Crippen LogP contribution in [-0.4, -0.2) is 34.7 Å². The molecule has 0 aliphatic heterocycles. The van der Waals surface area contributed by atoms with Crippen LogP contribution in [0, 0.1) is 0 Å². The van der Waals surface area contributed by atoms with Crippen molar-refractivity contribution >= 4 is 27.6 Å². The fourth-order valence-corrected chi connectivity index (χ4v) is 3.43. The summed E-state index contributed by atoms with van der Waals surface area (Å²) in [4.78, 5) is 12.8. The summed E-state index contributed by atoms with van der Waals surface area (Å²) in [6, 6.07) is 22.2. The third-order valence-corrected chi connectivity index (χ3v) is 5.41. The molecule has 0 radical (unpaired) electrons. The Labute approximate surface area is 187 Å². The van der Waals surface area contributed by atoms with Crippen LogP contribution in [0.25, 0.3) is 11.6 Å². The minimum absolute atomic E-state index is 0.00582. The van der Waals surface area contributed by atoms with Gasteiger partial charge < -0.3 is 14.2 Å². The van der Waals surface area contributed by atoms with Gasteiger partial charge in [0.15, 0.2) is 0 Å². The van der Waals surface area contributed by atoms with Crippen LogP contribution in [0.4, 0.5) is 0 Å². The Morgan fingerprint density at radius 3 is 2.22 bits per heavy atom. The summed E-state index contributed by atoms with van der Waals surface area (Å²) in [5.74, 6) is 0.566. The number of methoxy groups -OCH3 is 1. The Morgan fingerprint density at radius 2 is 1.56 bits per heavy atom. The zero-order chi connectivity index (χ0) is 23.0. The van der Waals surface area contributed by atoms with E-state index >= 15 is 0 Å². The Balaban J connectivity index is 1.68. The lowest BCUT2D eigenvalue weighted by Crippen LogP contribution is -2.14. The van der Waals surface area contributed by atoms with Crippen LogP contribution in [0.1, 0.15) is 11.1 Å². The van der Waals surface area contributed by atoms with Crippen LogP contribution in [-0.2, 0) is 19.6 Å². The Kier molecular flexibility index (Phi) is 7.64. The van der Waals surface area contributed by atoms with E-state index in [9.17, 15) is 13.2 Å². The highest BCUT2D eigenvalue weighted by molar-refractivity contribution is 7.89. The van der Waals surface area contributed by atoms with Gasteiger partial charge >= 0.3 is 5.97 Å². The predicted octanol–water partition coefficient (Wildman–Crippen LogP) is 3.51. The van der Waals surface area contributed by atoms with Crippen molar-refractivity contribution < 1.29 is 27.4 Å². The number of carbonyl (C=O) groups is 1. The van der Waals surface area contributed by atoms with Crippen molar-refractivity contribution in [1.29, 1.82) is 0 Å². The SMILES string of the molecule is COc1ccccc1/C=C(/C(=O)OCCOc1ccc(S(N)(=O)=O)cc1)c1ccccc1. The molecule has 0 saturated heterocycles. The number of benzene rings is 3. The van der Waals surface area contributed by atoms with Gasteiger partial charge in [-0.2, -0.15) is 0 Å². The highest BCUT2D eigenvalue weighted by Gasteiger charge is 2.15. The minimum Gasteiger partial charge on any atom is -0.496 e. The molecule has 0 atom stereocenters. The molecule has 3 aromatic rings. The number of rotatable bonds is 9. The molecule has 0 aromatic heterocycles. The predicted molar refractivity (Wildman–Crippen MR) is 122 cm³/mol. The topological polar surface area (TPSA) is 105 Å². The summed E-state index contributed by atoms with van der Waals surface area (Å²) in [7, 11) is -2.19. The highest BCUT2D eigenvalue weighted by atomic mass is 32.2. The number of carbonyl (C=O) groups excluding carboxylic acids is 1. The zero-order valence-electron chi connectivity index (χ0n) is 17.4. The standard InChI is InChI=1S/C24H23NO6S/c1-29-23-10-6-5-9-19(23)17-22(18-7-3-2-4-8-18)24(26)31-16-15-30-20-11-13-21(14-12-20)32(25,27)28/h2-14,17H,15-16H2,1H3,(H2,25,27,28)/b22-17+. The Bertz CT molecular complexity index is 1190. The molecule has 0 aliphatic carbocycles. The molecule has 2 N–H and O–H groups in total. The van der Waals surface area contributed by atoms with Gasteiger partial charge in [-0.25, -0.2) is 18.4 Å². The number of ether oxygens (including phenoxy) is 3. The summed E-state index contributed by atoms with van der Waals surface area (Å²) in [6.45, 7) is 0.100. The first-order chi connectivity index (χ1) is 15.4. The molecule has 0 heterocycles. The molecule has 0 fully saturated rings. The summed E-state index contributed by atoms with van der Waals surface area (Å²) < 4.78 is 38.9. The fraction of sp³-hybridized carbons (Fsp3) is 0.125. The summed E-state index contributed by atoms with van der Waals surface area (Å²) in [5, 5.41) is 5.07. The molecule has 0 saturated carbocycles. The van der Waals surface area contributed by atoms with Gasteiger partial charge in [-0.1, -0.05) is 48.5 Å². The van der Waals surface area contributed by atoms with E-state index in [1.807, 2.05) is 54.6 Å². The minimum atomic E-state index is -3.76. The molecule has 0 unspecified atom stereocenters. The summed E-state index contributed by atoms with van der Waals surface area (Å²) in [6.07, 6.45) is 1.73. The van der Waals surface area contributed by atoms with E-state index in [1.54, 1.807) is 13.2 Å². The van der Waals surface area contributed by atoms with Crippen LogP contribution in [0.5, 0.6) is 11.5 Å². The number of sulfonamides is 1. The third-order valence-electron chi connectivity index (χ3n) is 4.48. The van der Waals surface area contributed by atoms with Crippen molar-refractivity contribution in [2.75, 3.05) is 20.3 Å². The summed E-state index contributed by atoms with van der Waals surface area (Å²) in [5.41, 5.74) is 1.84. The van der Waals surface area contributed by atoms with E-state index in [2.05, 4.69) is 0 Å². The second-order valence-corrected chi connectivity index (χ2v) is 8.23. The summed E-state index contributed by atoms with van der Waals surface area (Å²) >= 11 is 0. The normalized spacial score (nSPS) is 11.6. The van der Waals surface area contributed by atoms with Crippen molar-refractivity contribution in [3.8, 4) is 11.5 Å². The van der Waals surface area contributed by atoms with Crippen LogP contribution in [0.15, 0.2) is 83.8 Å². The maximum atomic E-state index is 12.8. The van der Waals surface area contributed by atoms with Crippen LogP contribution in [0.3, 0.4) is 0 Å². The average molecular weight is 454 g/mol. The fourth-order valence-electron chi connectivity index (χ4n) is 2.92. The van der Waals surface area contributed by atoms with E-state index in [1.165, 1.54) is 24.3 Å². The van der Waals surface area contributed by atoms with Gasteiger partial charge in [0.05, 0.1) is 17.6 Å². The molecule has 0 spiro atoms. The van der Waals surface area contributed by atoms with Crippen LogP contribution >= 0.6 is 0 Å². The molecule has 7 nitrogen and oxygen atoms in total. The largest absolute Gasteiger partial charge is 0.496 e. The number of hydrogen-bond acceptors (Lipinski definition) is 6. The molecular formula is C24H23NO6S. The second-order valence-electron chi connectivity index (χ2n) is 6.67. The zero-order valence-corrected chi connectivity index (χ0v) is 18.2. The van der Waals surface area contributed by atoms with Crippen molar-refractivity contribution in [2.24, 2.45) is 5.14 Å². The number of esters is 1. The van der Waals surface area contributed by atoms with E-state index in [4.69, 9.17) is 19.3 Å². The van der Waals surface area contributed by atoms with Crippen molar-refractivity contribution in [3.63, 3.8) is 0 Å². The van der Waals surface area contributed by atoms with Gasteiger partial charge in [0, 0.05) is 5.56 Å². The molecular weight excluding hydrogens is 430 g/mol. The first kappa shape index (κ1) is 23.1. The lowest BCUT2D eigenvalue weighted by atomic mass is 10.0.